The Labute approximate surface area is 136 Å². The third-order valence-electron chi connectivity index (χ3n) is 4.88. The van der Waals surface area contributed by atoms with E-state index < -0.39 is 0 Å². The molecule has 6 heteroatoms. The maximum absolute atomic E-state index is 3.54. The van der Waals surface area contributed by atoms with Crippen molar-refractivity contribution in [2.24, 2.45) is 0 Å². The topological polar surface area (TPSA) is 37.0 Å². The van der Waals surface area contributed by atoms with E-state index in [0.29, 0.717) is 0 Å². The Hall–Kier alpha value is -0.240. The highest BCUT2D eigenvalue weighted by molar-refractivity contribution is 4.71. The average Bonchev–Trinajstić information content (AvgIpc) is 2.67. The van der Waals surface area contributed by atoms with Crippen LogP contribution in [0.2, 0.25) is 0 Å². The molecule has 22 heavy (non-hydrogen) atoms. The summed E-state index contributed by atoms with van der Waals surface area (Å²) in [5.41, 5.74) is 0. The maximum atomic E-state index is 3.54. The third-order valence-corrected chi connectivity index (χ3v) is 4.88. The normalized spacial score (nSPS) is 26.5. The van der Waals surface area contributed by atoms with Gasteiger partial charge in [0, 0.05) is 91.6 Å². The van der Waals surface area contributed by atoms with Crippen molar-refractivity contribution in [2.75, 3.05) is 106 Å². The Kier molecular flexibility index (Phi) is 8.66. The molecule has 2 heterocycles. The molecule has 0 aromatic heterocycles. The Morgan fingerprint density at radius 1 is 0.545 bits per heavy atom. The highest BCUT2D eigenvalue weighted by atomic mass is 15.3. The van der Waals surface area contributed by atoms with E-state index in [4.69, 9.17) is 0 Å². The summed E-state index contributed by atoms with van der Waals surface area (Å²) in [5.74, 6) is 0. The van der Waals surface area contributed by atoms with Gasteiger partial charge in [-0.3, -0.25) is 9.80 Å². The molecule has 6 nitrogen and oxygen atoms in total. The van der Waals surface area contributed by atoms with E-state index >= 15 is 0 Å². The van der Waals surface area contributed by atoms with E-state index in [1.807, 2.05) is 0 Å². The van der Waals surface area contributed by atoms with Gasteiger partial charge in [0.2, 0.25) is 0 Å². The fraction of sp³-hybridized carbons (Fsp3) is 1.00. The molecule has 0 aliphatic carbocycles. The highest BCUT2D eigenvalue weighted by Crippen LogP contribution is 1.97. The van der Waals surface area contributed by atoms with Gasteiger partial charge in [-0.05, 0) is 14.1 Å². The van der Waals surface area contributed by atoms with Crippen LogP contribution in [0.25, 0.3) is 0 Å². The molecule has 0 bridgehead atoms. The van der Waals surface area contributed by atoms with E-state index in [0.717, 1.165) is 39.3 Å². The Morgan fingerprint density at radius 3 is 1.41 bits per heavy atom. The molecule has 2 rings (SSSR count). The molecule has 0 unspecified atom stereocenters. The van der Waals surface area contributed by atoms with Crippen molar-refractivity contribution in [2.45, 2.75) is 0 Å². The zero-order valence-corrected chi connectivity index (χ0v) is 14.7. The fourth-order valence-corrected chi connectivity index (χ4v) is 3.07. The van der Waals surface area contributed by atoms with Crippen molar-refractivity contribution >= 4 is 0 Å². The van der Waals surface area contributed by atoms with Gasteiger partial charge in [0.1, 0.15) is 0 Å². The molecule has 0 spiro atoms. The number of hydrogen-bond acceptors (Lipinski definition) is 6. The molecule has 0 aromatic carbocycles. The maximum Gasteiger partial charge on any atom is 0.0110 e. The van der Waals surface area contributed by atoms with Crippen molar-refractivity contribution in [1.29, 1.82) is 0 Å². The Morgan fingerprint density at radius 2 is 0.955 bits per heavy atom. The van der Waals surface area contributed by atoms with Crippen LogP contribution >= 0.6 is 0 Å². The van der Waals surface area contributed by atoms with Crippen molar-refractivity contribution in [3.63, 3.8) is 0 Å². The number of likely N-dealkylation sites (N-methyl/N-ethyl adjacent to an activating group) is 2. The van der Waals surface area contributed by atoms with Gasteiger partial charge >= 0.3 is 0 Å². The van der Waals surface area contributed by atoms with Crippen LogP contribution in [0.1, 0.15) is 0 Å². The summed E-state index contributed by atoms with van der Waals surface area (Å²) in [4.78, 5) is 10.1. The summed E-state index contributed by atoms with van der Waals surface area (Å²) in [6.45, 7) is 16.3. The van der Waals surface area contributed by atoms with Crippen LogP contribution < -0.4 is 10.6 Å². The SMILES string of the molecule is CN1CCNCCN(CCN2CCNCCN(C)CC2)CC1. The van der Waals surface area contributed by atoms with Gasteiger partial charge in [-0.2, -0.15) is 0 Å². The molecule has 2 fully saturated rings. The van der Waals surface area contributed by atoms with Crippen molar-refractivity contribution in [1.82, 2.24) is 30.2 Å². The molecular formula is C16H36N6. The predicted octanol–water partition coefficient (Wildman–Crippen LogP) is -1.34. The number of nitrogens with zero attached hydrogens (tertiary/aromatic N) is 4. The zero-order chi connectivity index (χ0) is 15.6. The quantitative estimate of drug-likeness (QED) is 0.672. The summed E-state index contributed by atoms with van der Waals surface area (Å²) in [5, 5.41) is 7.09. The van der Waals surface area contributed by atoms with E-state index in [1.54, 1.807) is 0 Å². The van der Waals surface area contributed by atoms with Crippen molar-refractivity contribution in [3.05, 3.63) is 0 Å². The predicted molar refractivity (Wildman–Crippen MR) is 93.6 cm³/mol. The third kappa shape index (κ3) is 7.35. The van der Waals surface area contributed by atoms with Crippen LogP contribution in [0.3, 0.4) is 0 Å². The summed E-state index contributed by atoms with van der Waals surface area (Å²) >= 11 is 0. The minimum absolute atomic E-state index is 1.12. The molecule has 130 valence electrons. The number of rotatable bonds is 3. The first kappa shape index (κ1) is 18.1. The van der Waals surface area contributed by atoms with E-state index in [2.05, 4.69) is 44.3 Å². The lowest BCUT2D eigenvalue weighted by molar-refractivity contribution is 0.185. The number of hydrogen-bond donors (Lipinski definition) is 2. The fourth-order valence-electron chi connectivity index (χ4n) is 3.07. The average molecular weight is 313 g/mol. The molecule has 2 aliphatic heterocycles. The molecule has 2 N–H and O–H groups in total. The van der Waals surface area contributed by atoms with Crippen LogP contribution in [0.15, 0.2) is 0 Å². The molecule has 0 atom stereocenters. The Balaban J connectivity index is 1.73. The second kappa shape index (κ2) is 10.5. The van der Waals surface area contributed by atoms with E-state index in [1.165, 1.54) is 52.4 Å². The van der Waals surface area contributed by atoms with Gasteiger partial charge in [0.05, 0.1) is 0 Å². The first-order valence-corrected chi connectivity index (χ1v) is 8.97. The van der Waals surface area contributed by atoms with E-state index in [9.17, 15) is 0 Å². The smallest absolute Gasteiger partial charge is 0.0110 e. The lowest BCUT2D eigenvalue weighted by Crippen LogP contribution is -2.42. The minimum Gasteiger partial charge on any atom is -0.314 e. The van der Waals surface area contributed by atoms with Crippen LogP contribution in [-0.4, -0.2) is 125 Å². The van der Waals surface area contributed by atoms with Crippen LogP contribution in [0.5, 0.6) is 0 Å². The van der Waals surface area contributed by atoms with Gasteiger partial charge in [-0.15, -0.1) is 0 Å². The summed E-state index contributed by atoms with van der Waals surface area (Å²) in [7, 11) is 4.46. The molecule has 0 saturated carbocycles. The van der Waals surface area contributed by atoms with Gasteiger partial charge < -0.3 is 20.4 Å². The molecule has 2 saturated heterocycles. The molecular weight excluding hydrogens is 276 g/mol. The van der Waals surface area contributed by atoms with Crippen LogP contribution in [-0.2, 0) is 0 Å². The zero-order valence-electron chi connectivity index (χ0n) is 14.7. The van der Waals surface area contributed by atoms with Crippen molar-refractivity contribution < 1.29 is 0 Å². The Bertz CT molecular complexity index is 260. The van der Waals surface area contributed by atoms with Gasteiger partial charge in [0.25, 0.3) is 0 Å². The van der Waals surface area contributed by atoms with Gasteiger partial charge in [0.15, 0.2) is 0 Å². The largest absolute Gasteiger partial charge is 0.314 e. The summed E-state index contributed by atoms with van der Waals surface area (Å²) < 4.78 is 0. The second-order valence-electron chi connectivity index (χ2n) is 6.79. The number of nitrogens with one attached hydrogen (secondary N) is 2. The lowest BCUT2D eigenvalue weighted by Gasteiger charge is -2.28. The first-order chi connectivity index (χ1) is 10.7. The lowest BCUT2D eigenvalue weighted by atomic mass is 10.3. The molecule has 2 aliphatic rings. The van der Waals surface area contributed by atoms with Crippen LogP contribution in [0.4, 0.5) is 0 Å². The monoisotopic (exact) mass is 312 g/mol. The van der Waals surface area contributed by atoms with Gasteiger partial charge in [-0.25, -0.2) is 0 Å². The van der Waals surface area contributed by atoms with Crippen LogP contribution in [0, 0.1) is 0 Å². The first-order valence-electron chi connectivity index (χ1n) is 8.97. The highest BCUT2D eigenvalue weighted by Gasteiger charge is 2.13. The molecule has 0 amide bonds. The summed E-state index contributed by atoms with van der Waals surface area (Å²) in [6, 6.07) is 0. The minimum atomic E-state index is 1.12. The van der Waals surface area contributed by atoms with E-state index in [-0.39, 0.29) is 0 Å². The molecule has 0 radical (unpaired) electrons. The summed E-state index contributed by atoms with van der Waals surface area (Å²) in [6.07, 6.45) is 0. The van der Waals surface area contributed by atoms with Crippen molar-refractivity contribution in [3.8, 4) is 0 Å². The molecule has 0 aromatic rings. The second-order valence-corrected chi connectivity index (χ2v) is 6.79. The van der Waals surface area contributed by atoms with Gasteiger partial charge in [-0.1, -0.05) is 0 Å². The standard InChI is InChI=1S/C16H36N6/c1-19-7-3-17-5-9-21(13-11-19)15-16-22-10-6-18-4-8-20(2)12-14-22/h17-18H,3-16H2,1-2H3.